The number of hydrogen-bond acceptors (Lipinski definition) is 2. The molecule has 2 heteroatoms. The number of benzene rings is 9. The van der Waals surface area contributed by atoms with E-state index in [-0.39, 0.29) is 10.8 Å². The number of hydrogen-bond donors (Lipinski definition) is 0. The van der Waals surface area contributed by atoms with Gasteiger partial charge in [-0.05, 0) is 138 Å². The molecule has 0 aliphatic heterocycles. The summed E-state index contributed by atoms with van der Waals surface area (Å²) in [6.07, 6.45) is 9.91. The lowest BCUT2D eigenvalue weighted by Crippen LogP contribution is -2.20. The van der Waals surface area contributed by atoms with Crippen LogP contribution in [-0.2, 0) is 10.8 Å². The topological polar surface area (TPSA) is 25.8 Å². The van der Waals surface area contributed by atoms with Crippen LogP contribution in [0.4, 0.5) is 0 Å². The summed E-state index contributed by atoms with van der Waals surface area (Å²) in [6, 6.07) is 72.9. The van der Waals surface area contributed by atoms with Crippen LogP contribution in [0.3, 0.4) is 0 Å². The minimum absolute atomic E-state index is 0.0689. The molecule has 0 radical (unpaired) electrons. The van der Waals surface area contributed by atoms with Crippen LogP contribution in [0.25, 0.3) is 100.0 Å². The van der Waals surface area contributed by atoms with Crippen molar-refractivity contribution in [1.29, 1.82) is 0 Å². The molecule has 0 unspecified atom stereocenters. The standard InChI is InChI=1S/C64H48N2/c1-3-17-41(18-4-1)58-40-59(66-62(65-58)42-19-5-2-6-20-42)43-27-32-52-53(37-43)61(45-29-31-49-47-22-10-12-26-55(47)64(57(49)39-45)35-15-16-36-64)51-24-8-7-23-50(51)60(52)44-28-30-48-46-21-9-11-25-54(46)63(56(48)38-44)33-13-14-34-63/h1-12,17-32,37-40H,13-16,33-36H2. The molecular weight excluding hydrogens is 797 g/mol. The Morgan fingerprint density at radius 2 is 0.712 bits per heavy atom. The van der Waals surface area contributed by atoms with Crippen LogP contribution in [-0.4, -0.2) is 9.97 Å². The van der Waals surface area contributed by atoms with Crippen molar-refractivity contribution in [2.45, 2.75) is 62.2 Å². The smallest absolute Gasteiger partial charge is 0.160 e. The molecule has 66 heavy (non-hydrogen) atoms. The highest BCUT2D eigenvalue weighted by molar-refractivity contribution is 6.22. The molecule has 2 spiro atoms. The maximum atomic E-state index is 5.36. The normalized spacial score (nSPS) is 15.9. The quantitative estimate of drug-likeness (QED) is 0.161. The van der Waals surface area contributed by atoms with Gasteiger partial charge in [0, 0.05) is 27.5 Å². The van der Waals surface area contributed by atoms with E-state index < -0.39 is 0 Å². The third-order valence-electron chi connectivity index (χ3n) is 16.2. The van der Waals surface area contributed by atoms with E-state index in [9.17, 15) is 0 Å². The van der Waals surface area contributed by atoms with Gasteiger partial charge in [0.05, 0.1) is 11.4 Å². The largest absolute Gasteiger partial charge is 0.228 e. The van der Waals surface area contributed by atoms with Crippen LogP contribution in [0.2, 0.25) is 0 Å². The summed E-state index contributed by atoms with van der Waals surface area (Å²) in [5.41, 5.74) is 22.0. The van der Waals surface area contributed by atoms with Gasteiger partial charge in [-0.2, -0.15) is 0 Å². The summed E-state index contributed by atoms with van der Waals surface area (Å²) in [7, 11) is 0. The first-order valence-corrected chi connectivity index (χ1v) is 24.2. The summed E-state index contributed by atoms with van der Waals surface area (Å²) < 4.78 is 0. The zero-order chi connectivity index (χ0) is 43.4. The van der Waals surface area contributed by atoms with E-state index in [0.717, 1.165) is 33.9 Å². The Labute approximate surface area is 386 Å². The van der Waals surface area contributed by atoms with Crippen LogP contribution in [0, 0.1) is 0 Å². The van der Waals surface area contributed by atoms with Gasteiger partial charge in [0.2, 0.25) is 0 Å². The zero-order valence-electron chi connectivity index (χ0n) is 37.0. The molecule has 1 heterocycles. The fraction of sp³-hybridized carbons (Fsp3) is 0.156. The minimum atomic E-state index is 0.0689. The first-order chi connectivity index (χ1) is 32.7. The third kappa shape index (κ3) is 5.48. The average Bonchev–Trinajstić information content (AvgIpc) is 4.20. The molecule has 0 N–H and O–H groups in total. The summed E-state index contributed by atoms with van der Waals surface area (Å²) in [4.78, 5) is 10.5. The van der Waals surface area contributed by atoms with Crippen molar-refractivity contribution in [3.63, 3.8) is 0 Å². The first kappa shape index (κ1) is 37.9. The summed E-state index contributed by atoms with van der Waals surface area (Å²) in [6.45, 7) is 0. The number of nitrogens with zero attached hydrogens (tertiary/aromatic N) is 2. The Balaban J connectivity index is 1.05. The van der Waals surface area contributed by atoms with Crippen molar-refractivity contribution in [3.8, 4) is 78.4 Å². The molecular formula is C64H48N2. The van der Waals surface area contributed by atoms with E-state index >= 15 is 0 Å². The first-order valence-electron chi connectivity index (χ1n) is 24.2. The molecule has 2 nitrogen and oxygen atoms in total. The molecule has 1 aromatic heterocycles. The molecule has 10 aromatic rings. The van der Waals surface area contributed by atoms with Crippen molar-refractivity contribution in [2.75, 3.05) is 0 Å². The molecule has 314 valence electrons. The van der Waals surface area contributed by atoms with Crippen LogP contribution < -0.4 is 0 Å². The third-order valence-corrected chi connectivity index (χ3v) is 16.2. The molecule has 4 aliphatic rings. The van der Waals surface area contributed by atoms with Crippen LogP contribution >= 0.6 is 0 Å². The van der Waals surface area contributed by atoms with Gasteiger partial charge in [-0.3, -0.25) is 0 Å². The van der Waals surface area contributed by atoms with E-state index in [1.54, 1.807) is 0 Å². The molecule has 14 rings (SSSR count). The van der Waals surface area contributed by atoms with Gasteiger partial charge in [-0.1, -0.05) is 196 Å². The summed E-state index contributed by atoms with van der Waals surface area (Å²) >= 11 is 0. The molecule has 4 aliphatic carbocycles. The van der Waals surface area contributed by atoms with Crippen molar-refractivity contribution in [3.05, 3.63) is 216 Å². The summed E-state index contributed by atoms with van der Waals surface area (Å²) in [5, 5.41) is 5.09. The Morgan fingerprint density at radius 3 is 1.27 bits per heavy atom. The van der Waals surface area contributed by atoms with Gasteiger partial charge < -0.3 is 0 Å². The van der Waals surface area contributed by atoms with Crippen molar-refractivity contribution in [1.82, 2.24) is 9.97 Å². The average molecular weight is 845 g/mol. The van der Waals surface area contributed by atoms with E-state index in [4.69, 9.17) is 9.97 Å². The Bertz CT molecular complexity index is 3530. The molecule has 0 amide bonds. The predicted octanol–water partition coefficient (Wildman–Crippen LogP) is 16.8. The molecule has 0 saturated heterocycles. The zero-order valence-corrected chi connectivity index (χ0v) is 37.0. The monoisotopic (exact) mass is 844 g/mol. The fourth-order valence-corrected chi connectivity index (χ4v) is 13.3. The van der Waals surface area contributed by atoms with Gasteiger partial charge in [0.15, 0.2) is 5.82 Å². The Kier molecular flexibility index (Phi) is 8.35. The lowest BCUT2D eigenvalue weighted by Gasteiger charge is -2.28. The second-order valence-electron chi connectivity index (χ2n) is 19.4. The van der Waals surface area contributed by atoms with Gasteiger partial charge in [-0.25, -0.2) is 9.97 Å². The maximum Gasteiger partial charge on any atom is 0.160 e. The molecule has 0 atom stereocenters. The number of aromatic nitrogens is 2. The minimum Gasteiger partial charge on any atom is -0.228 e. The van der Waals surface area contributed by atoms with Gasteiger partial charge in [0.25, 0.3) is 0 Å². The highest BCUT2D eigenvalue weighted by atomic mass is 14.9. The molecule has 2 saturated carbocycles. The van der Waals surface area contributed by atoms with Crippen LogP contribution in [0.15, 0.2) is 194 Å². The van der Waals surface area contributed by atoms with Crippen molar-refractivity contribution < 1.29 is 0 Å². The van der Waals surface area contributed by atoms with Crippen molar-refractivity contribution >= 4 is 21.5 Å². The van der Waals surface area contributed by atoms with E-state index in [1.165, 1.54) is 140 Å². The van der Waals surface area contributed by atoms with Crippen LogP contribution in [0.1, 0.15) is 73.6 Å². The highest BCUT2D eigenvalue weighted by Gasteiger charge is 2.46. The predicted molar refractivity (Wildman–Crippen MR) is 274 cm³/mol. The Morgan fingerprint density at radius 1 is 0.288 bits per heavy atom. The lowest BCUT2D eigenvalue weighted by molar-refractivity contribution is 0.550. The maximum absolute atomic E-state index is 5.36. The fourth-order valence-electron chi connectivity index (χ4n) is 13.3. The molecule has 2 fully saturated rings. The van der Waals surface area contributed by atoms with Crippen LogP contribution in [0.5, 0.6) is 0 Å². The SMILES string of the molecule is c1ccc(-c2cc(-c3ccc4c(-c5ccc6c(c5)C5(CCCC5)c5ccccc5-6)c5ccccc5c(-c5ccc6c(c5)C5(CCCC5)c5ccccc5-6)c4c3)nc(-c3ccccc3)n2)cc1. The van der Waals surface area contributed by atoms with E-state index in [0.29, 0.717) is 0 Å². The van der Waals surface area contributed by atoms with Gasteiger partial charge in [-0.15, -0.1) is 0 Å². The van der Waals surface area contributed by atoms with Crippen molar-refractivity contribution in [2.24, 2.45) is 0 Å². The molecule has 9 aromatic carbocycles. The lowest BCUT2D eigenvalue weighted by atomic mass is 9.75. The second-order valence-corrected chi connectivity index (χ2v) is 19.4. The number of fused-ring (bicyclic) bond motifs is 12. The van der Waals surface area contributed by atoms with E-state index in [1.807, 2.05) is 0 Å². The van der Waals surface area contributed by atoms with Gasteiger partial charge in [0.1, 0.15) is 0 Å². The summed E-state index contributed by atoms with van der Waals surface area (Å²) in [5.74, 6) is 0.728. The highest BCUT2D eigenvalue weighted by Crippen LogP contribution is 2.60. The Hall–Kier alpha value is -7.42. The van der Waals surface area contributed by atoms with Gasteiger partial charge >= 0.3 is 0 Å². The second kappa shape index (κ2) is 14.5. The van der Waals surface area contributed by atoms with E-state index in [2.05, 4.69) is 194 Å². The molecule has 0 bridgehead atoms. The number of rotatable bonds is 5.